The van der Waals surface area contributed by atoms with Gasteiger partial charge in [-0.2, -0.15) is 0 Å². The number of methoxy groups -OCH3 is 1. The number of halogens is 1. The normalized spacial score (nSPS) is 11.8. The fourth-order valence-electron chi connectivity index (χ4n) is 5.32. The molecule has 0 atom stereocenters. The van der Waals surface area contributed by atoms with E-state index in [2.05, 4.69) is 0 Å². The first-order valence-electron chi connectivity index (χ1n) is 12.6. The smallest absolute Gasteiger partial charge is 0.268 e. The maximum absolute atomic E-state index is 14.9. The summed E-state index contributed by atoms with van der Waals surface area (Å²) in [6.45, 7) is 3.88. The molecule has 0 saturated heterocycles. The molecule has 0 unspecified atom stereocenters. The molecule has 0 bridgehead atoms. The van der Waals surface area contributed by atoms with E-state index in [0.717, 1.165) is 27.5 Å². The van der Waals surface area contributed by atoms with Crippen LogP contribution in [0.4, 0.5) is 4.39 Å². The van der Waals surface area contributed by atoms with Crippen LogP contribution in [0.2, 0.25) is 0 Å². The third kappa shape index (κ3) is 3.99. The first kappa shape index (κ1) is 24.9. The molecule has 1 aromatic heterocycles. The van der Waals surface area contributed by atoms with E-state index in [1.807, 2.05) is 74.5 Å². The van der Waals surface area contributed by atoms with E-state index >= 15 is 0 Å². The highest BCUT2D eigenvalue weighted by molar-refractivity contribution is 7.90. The molecule has 0 spiro atoms. The Morgan fingerprint density at radius 2 is 1.46 bits per heavy atom. The zero-order chi connectivity index (χ0) is 27.3. The minimum atomic E-state index is -4.13. The molecule has 0 N–H and O–H groups in total. The highest BCUT2D eigenvalue weighted by Gasteiger charge is 2.31. The van der Waals surface area contributed by atoms with Crippen LogP contribution in [-0.4, -0.2) is 19.5 Å². The van der Waals surface area contributed by atoms with E-state index in [4.69, 9.17) is 4.74 Å². The second-order valence-electron chi connectivity index (χ2n) is 9.65. The van der Waals surface area contributed by atoms with Gasteiger partial charge in [-0.3, -0.25) is 0 Å². The minimum Gasteiger partial charge on any atom is -0.496 e. The molecule has 39 heavy (non-hydrogen) atoms. The summed E-state index contributed by atoms with van der Waals surface area (Å²) in [5.41, 5.74) is 4.78. The number of benzene rings is 5. The van der Waals surface area contributed by atoms with Crippen molar-refractivity contribution >= 4 is 31.7 Å². The topological polar surface area (TPSA) is 48.3 Å². The molecule has 0 radical (unpaired) electrons. The van der Waals surface area contributed by atoms with Crippen molar-refractivity contribution in [3.63, 3.8) is 0 Å². The van der Waals surface area contributed by atoms with Crippen LogP contribution in [0.3, 0.4) is 0 Å². The van der Waals surface area contributed by atoms with E-state index in [9.17, 15) is 12.8 Å². The number of rotatable bonds is 5. The van der Waals surface area contributed by atoms with Crippen molar-refractivity contribution in [3.05, 3.63) is 120 Å². The average Bonchev–Trinajstić information content (AvgIpc) is 3.27. The van der Waals surface area contributed by atoms with Crippen molar-refractivity contribution in [1.29, 1.82) is 0 Å². The lowest BCUT2D eigenvalue weighted by Gasteiger charge is -2.18. The molecular formula is C33H26FNO3S. The summed E-state index contributed by atoms with van der Waals surface area (Å²) in [6, 6.07) is 30.4. The lowest BCUT2D eigenvalue weighted by Crippen LogP contribution is -2.15. The third-order valence-electron chi connectivity index (χ3n) is 7.21. The number of ether oxygens (including phenoxy) is 1. The summed E-state index contributed by atoms with van der Waals surface area (Å²) in [4.78, 5) is 0.145. The van der Waals surface area contributed by atoms with Crippen LogP contribution >= 0.6 is 0 Å². The number of aryl methyl sites for hydroxylation is 2. The third-order valence-corrected chi connectivity index (χ3v) is 8.94. The highest BCUT2D eigenvalue weighted by Crippen LogP contribution is 2.48. The van der Waals surface area contributed by atoms with Crippen molar-refractivity contribution in [2.45, 2.75) is 18.7 Å². The van der Waals surface area contributed by atoms with Gasteiger partial charge in [-0.15, -0.1) is 0 Å². The number of nitrogens with zero attached hydrogens (tertiary/aromatic N) is 1. The molecule has 1 heterocycles. The molecule has 0 aliphatic heterocycles. The van der Waals surface area contributed by atoms with Crippen molar-refractivity contribution in [3.8, 4) is 28.1 Å². The predicted molar refractivity (Wildman–Crippen MR) is 155 cm³/mol. The SMILES string of the molecule is COc1ccc2ccccc2c1-c1c(-c2ccccc2C)c2cc(F)ccc2n1S(=O)(=O)c1ccc(C)cc1. The number of hydrogen-bond acceptors (Lipinski definition) is 3. The molecule has 5 aromatic carbocycles. The van der Waals surface area contributed by atoms with Crippen LogP contribution in [0.1, 0.15) is 11.1 Å². The van der Waals surface area contributed by atoms with Crippen molar-refractivity contribution < 1.29 is 17.5 Å². The van der Waals surface area contributed by atoms with E-state index in [-0.39, 0.29) is 4.90 Å². The maximum Gasteiger partial charge on any atom is 0.268 e. The van der Waals surface area contributed by atoms with Gasteiger partial charge in [-0.25, -0.2) is 16.8 Å². The lowest BCUT2D eigenvalue weighted by molar-refractivity contribution is 0.417. The number of aromatic nitrogens is 1. The van der Waals surface area contributed by atoms with Gasteiger partial charge in [-0.1, -0.05) is 72.3 Å². The monoisotopic (exact) mass is 535 g/mol. The van der Waals surface area contributed by atoms with Gasteiger partial charge in [0, 0.05) is 16.5 Å². The summed E-state index contributed by atoms with van der Waals surface area (Å²) in [6.07, 6.45) is 0. The second kappa shape index (κ2) is 9.40. The summed E-state index contributed by atoms with van der Waals surface area (Å²) in [5, 5.41) is 2.26. The Morgan fingerprint density at radius 1 is 0.744 bits per heavy atom. The molecule has 6 aromatic rings. The zero-order valence-electron chi connectivity index (χ0n) is 21.8. The summed E-state index contributed by atoms with van der Waals surface area (Å²) in [7, 11) is -2.56. The molecule has 0 aliphatic carbocycles. The molecule has 0 fully saturated rings. The van der Waals surface area contributed by atoms with Gasteiger partial charge >= 0.3 is 0 Å². The van der Waals surface area contributed by atoms with Gasteiger partial charge < -0.3 is 4.74 Å². The van der Waals surface area contributed by atoms with Gasteiger partial charge in [0.1, 0.15) is 11.6 Å². The van der Waals surface area contributed by atoms with Crippen LogP contribution in [0, 0.1) is 19.7 Å². The summed E-state index contributed by atoms with van der Waals surface area (Å²) in [5.74, 6) is 0.0748. The zero-order valence-corrected chi connectivity index (χ0v) is 22.6. The lowest BCUT2D eigenvalue weighted by atomic mass is 9.92. The fourth-order valence-corrected chi connectivity index (χ4v) is 6.85. The van der Waals surface area contributed by atoms with Crippen molar-refractivity contribution in [2.75, 3.05) is 7.11 Å². The van der Waals surface area contributed by atoms with Gasteiger partial charge in [0.2, 0.25) is 0 Å². The molecule has 4 nitrogen and oxygen atoms in total. The fraction of sp³-hybridized carbons (Fsp3) is 0.0909. The molecule has 0 amide bonds. The Hall–Kier alpha value is -4.42. The van der Waals surface area contributed by atoms with E-state index in [0.29, 0.717) is 33.5 Å². The first-order chi connectivity index (χ1) is 18.8. The van der Waals surface area contributed by atoms with E-state index < -0.39 is 15.8 Å². The number of fused-ring (bicyclic) bond motifs is 2. The Bertz CT molecular complexity index is 1990. The van der Waals surface area contributed by atoms with Gasteiger partial charge in [0.15, 0.2) is 0 Å². The molecule has 194 valence electrons. The quantitative estimate of drug-likeness (QED) is 0.224. The number of hydrogen-bond donors (Lipinski definition) is 0. The molecule has 0 saturated carbocycles. The molecule has 6 rings (SSSR count). The van der Waals surface area contributed by atoms with Crippen LogP contribution < -0.4 is 4.74 Å². The van der Waals surface area contributed by atoms with Crippen LogP contribution in [0.25, 0.3) is 44.1 Å². The summed E-state index contributed by atoms with van der Waals surface area (Å²) >= 11 is 0. The summed E-state index contributed by atoms with van der Waals surface area (Å²) < 4.78 is 51.1. The van der Waals surface area contributed by atoms with Crippen LogP contribution in [-0.2, 0) is 10.0 Å². The van der Waals surface area contributed by atoms with Crippen molar-refractivity contribution in [1.82, 2.24) is 3.97 Å². The maximum atomic E-state index is 14.9. The Morgan fingerprint density at radius 3 is 2.21 bits per heavy atom. The molecular weight excluding hydrogens is 509 g/mol. The average molecular weight is 536 g/mol. The van der Waals surface area contributed by atoms with Crippen molar-refractivity contribution in [2.24, 2.45) is 0 Å². The van der Waals surface area contributed by atoms with Gasteiger partial charge in [-0.05, 0) is 72.1 Å². The second-order valence-corrected chi connectivity index (χ2v) is 11.4. The predicted octanol–water partition coefficient (Wildman–Crippen LogP) is 8.13. The first-order valence-corrected chi connectivity index (χ1v) is 14.0. The minimum absolute atomic E-state index is 0.145. The van der Waals surface area contributed by atoms with E-state index in [1.54, 1.807) is 37.4 Å². The van der Waals surface area contributed by atoms with Gasteiger partial charge in [0.05, 0.1) is 23.2 Å². The molecule has 6 heteroatoms. The molecule has 0 aliphatic rings. The van der Waals surface area contributed by atoms with Crippen LogP contribution in [0.5, 0.6) is 5.75 Å². The van der Waals surface area contributed by atoms with E-state index in [1.165, 1.54) is 16.1 Å². The Balaban J connectivity index is 1.89. The standard InChI is InChI=1S/C33H26FNO3S/c1-21-12-16-25(17-13-21)39(36,37)35-29-18-15-24(34)20-28(29)31(26-10-6-4-8-22(26)2)33(35)32-27-11-7-5-9-23(27)14-19-30(32)38-3/h4-20H,1-3H3. The highest BCUT2D eigenvalue weighted by atomic mass is 32.2. The largest absolute Gasteiger partial charge is 0.496 e. The van der Waals surface area contributed by atoms with Crippen LogP contribution in [0.15, 0.2) is 108 Å². The Labute approximate surface area is 227 Å². The van der Waals surface area contributed by atoms with Gasteiger partial charge in [0.25, 0.3) is 10.0 Å². The Kier molecular flexibility index (Phi) is 6.00.